The van der Waals surface area contributed by atoms with Gasteiger partial charge in [0, 0.05) is 13.2 Å². The maximum absolute atomic E-state index is 5.73. The molecule has 2 N–H and O–H groups in total. The van der Waals surface area contributed by atoms with E-state index in [1.807, 2.05) is 6.07 Å². The second-order valence-corrected chi connectivity index (χ2v) is 4.12. The largest absolute Gasteiger partial charge is 0.379 e. The number of hydrogen-bond acceptors (Lipinski definition) is 3. The maximum atomic E-state index is 5.73. The minimum atomic E-state index is -0.0277. The molecule has 0 fully saturated rings. The Morgan fingerprint density at radius 1 is 1.24 bits per heavy atom. The third-order valence-corrected chi connectivity index (χ3v) is 2.52. The molecule has 0 amide bonds. The third kappa shape index (κ3) is 5.31. The van der Waals surface area contributed by atoms with Gasteiger partial charge in [-0.25, -0.2) is 0 Å². The fraction of sp³-hybridized carbons (Fsp3) is 0.571. The lowest BCUT2D eigenvalue weighted by Crippen LogP contribution is -2.18. The first kappa shape index (κ1) is 14.2. The monoisotopic (exact) mass is 237 g/mol. The Kier molecular flexibility index (Phi) is 6.86. The zero-order valence-electron chi connectivity index (χ0n) is 10.8. The summed E-state index contributed by atoms with van der Waals surface area (Å²) in [7, 11) is 0. The standard InChI is InChI=1S/C14H23NO2/c1-3-7-16-8-9-17-14(11-15)13-6-4-5-12(2)10-13/h4-6,10,14H,3,7-9,11,15H2,1-2H3. The van der Waals surface area contributed by atoms with E-state index in [4.69, 9.17) is 15.2 Å². The third-order valence-electron chi connectivity index (χ3n) is 2.52. The van der Waals surface area contributed by atoms with Crippen molar-refractivity contribution >= 4 is 0 Å². The Labute approximate surface area is 104 Å². The van der Waals surface area contributed by atoms with Crippen LogP contribution in [0.15, 0.2) is 24.3 Å². The predicted octanol–water partition coefficient (Wildman–Crippen LogP) is 2.44. The molecule has 1 aromatic rings. The van der Waals surface area contributed by atoms with E-state index < -0.39 is 0 Å². The summed E-state index contributed by atoms with van der Waals surface area (Å²) in [5.74, 6) is 0. The summed E-state index contributed by atoms with van der Waals surface area (Å²) < 4.78 is 11.1. The molecule has 0 heterocycles. The minimum absolute atomic E-state index is 0.0277. The fourth-order valence-electron chi connectivity index (χ4n) is 1.67. The average molecular weight is 237 g/mol. The molecular weight excluding hydrogens is 214 g/mol. The molecule has 0 radical (unpaired) electrons. The maximum Gasteiger partial charge on any atom is 0.0948 e. The summed E-state index contributed by atoms with van der Waals surface area (Å²) in [5.41, 5.74) is 8.10. The molecule has 0 saturated heterocycles. The Hall–Kier alpha value is -0.900. The average Bonchev–Trinajstić information content (AvgIpc) is 2.34. The Morgan fingerprint density at radius 3 is 2.71 bits per heavy atom. The second-order valence-electron chi connectivity index (χ2n) is 4.12. The molecule has 17 heavy (non-hydrogen) atoms. The molecule has 0 aliphatic rings. The van der Waals surface area contributed by atoms with Gasteiger partial charge in [-0.15, -0.1) is 0 Å². The molecule has 3 heteroatoms. The van der Waals surface area contributed by atoms with Crippen LogP contribution in [0.3, 0.4) is 0 Å². The van der Waals surface area contributed by atoms with Crippen LogP contribution in [0.25, 0.3) is 0 Å². The lowest BCUT2D eigenvalue weighted by atomic mass is 10.1. The van der Waals surface area contributed by atoms with Crippen LogP contribution in [0.1, 0.15) is 30.6 Å². The van der Waals surface area contributed by atoms with Gasteiger partial charge in [-0.3, -0.25) is 0 Å². The Bertz CT molecular complexity index is 315. The molecule has 96 valence electrons. The number of nitrogens with two attached hydrogens (primary N) is 1. The zero-order chi connectivity index (χ0) is 12.5. The number of benzene rings is 1. The lowest BCUT2D eigenvalue weighted by Gasteiger charge is -2.17. The van der Waals surface area contributed by atoms with Crippen molar-refractivity contribution in [2.45, 2.75) is 26.4 Å². The van der Waals surface area contributed by atoms with E-state index in [9.17, 15) is 0 Å². The summed E-state index contributed by atoms with van der Waals surface area (Å²) in [4.78, 5) is 0. The van der Waals surface area contributed by atoms with Gasteiger partial charge in [-0.1, -0.05) is 36.8 Å². The van der Waals surface area contributed by atoms with Gasteiger partial charge in [0.1, 0.15) is 0 Å². The van der Waals surface area contributed by atoms with E-state index in [0.29, 0.717) is 19.8 Å². The van der Waals surface area contributed by atoms with Crippen LogP contribution in [0, 0.1) is 6.92 Å². The second kappa shape index (κ2) is 8.23. The first-order chi connectivity index (χ1) is 8.27. The van der Waals surface area contributed by atoms with Crippen LogP contribution in [0.2, 0.25) is 0 Å². The molecule has 0 saturated carbocycles. The normalized spacial score (nSPS) is 12.6. The van der Waals surface area contributed by atoms with E-state index in [1.54, 1.807) is 0 Å². The number of aryl methyl sites for hydroxylation is 1. The number of hydrogen-bond donors (Lipinski definition) is 1. The lowest BCUT2D eigenvalue weighted by molar-refractivity contribution is 0.00764. The number of ether oxygens (including phenoxy) is 2. The van der Waals surface area contributed by atoms with Crippen LogP contribution in [-0.4, -0.2) is 26.4 Å². The molecule has 0 spiro atoms. The highest BCUT2D eigenvalue weighted by atomic mass is 16.5. The van der Waals surface area contributed by atoms with Crippen molar-refractivity contribution in [3.8, 4) is 0 Å². The van der Waals surface area contributed by atoms with Gasteiger partial charge < -0.3 is 15.2 Å². The first-order valence-electron chi connectivity index (χ1n) is 6.24. The van der Waals surface area contributed by atoms with Crippen molar-refractivity contribution in [3.05, 3.63) is 35.4 Å². The highest BCUT2D eigenvalue weighted by molar-refractivity contribution is 5.24. The quantitative estimate of drug-likeness (QED) is 0.706. The van der Waals surface area contributed by atoms with Gasteiger partial charge in [-0.05, 0) is 18.9 Å². The van der Waals surface area contributed by atoms with Crippen LogP contribution >= 0.6 is 0 Å². The molecule has 0 bridgehead atoms. The first-order valence-corrected chi connectivity index (χ1v) is 6.24. The van der Waals surface area contributed by atoms with Crippen molar-refractivity contribution in [1.29, 1.82) is 0 Å². The minimum Gasteiger partial charge on any atom is -0.379 e. The van der Waals surface area contributed by atoms with E-state index in [0.717, 1.165) is 18.6 Å². The number of rotatable bonds is 8. The van der Waals surface area contributed by atoms with Crippen LogP contribution < -0.4 is 5.73 Å². The molecule has 0 aliphatic carbocycles. The van der Waals surface area contributed by atoms with Crippen molar-refractivity contribution in [1.82, 2.24) is 0 Å². The topological polar surface area (TPSA) is 44.5 Å². The smallest absolute Gasteiger partial charge is 0.0948 e. The van der Waals surface area contributed by atoms with Crippen molar-refractivity contribution in [2.24, 2.45) is 5.73 Å². The Balaban J connectivity index is 2.38. The SMILES string of the molecule is CCCOCCOC(CN)c1cccc(C)c1. The molecule has 0 aromatic heterocycles. The fourth-order valence-corrected chi connectivity index (χ4v) is 1.67. The molecule has 1 atom stereocenters. The van der Waals surface area contributed by atoms with E-state index in [1.165, 1.54) is 5.56 Å². The van der Waals surface area contributed by atoms with Gasteiger partial charge in [0.15, 0.2) is 0 Å². The molecule has 1 unspecified atom stereocenters. The highest BCUT2D eigenvalue weighted by Crippen LogP contribution is 2.17. The molecule has 1 rings (SSSR count). The summed E-state index contributed by atoms with van der Waals surface area (Å²) in [6, 6.07) is 8.27. The summed E-state index contributed by atoms with van der Waals surface area (Å²) in [6.45, 7) is 6.68. The van der Waals surface area contributed by atoms with Gasteiger partial charge in [0.05, 0.1) is 19.3 Å². The van der Waals surface area contributed by atoms with Crippen LogP contribution in [0.4, 0.5) is 0 Å². The summed E-state index contributed by atoms with van der Waals surface area (Å²) in [5, 5.41) is 0. The van der Waals surface area contributed by atoms with Gasteiger partial charge in [0.2, 0.25) is 0 Å². The van der Waals surface area contributed by atoms with Crippen molar-refractivity contribution in [2.75, 3.05) is 26.4 Å². The summed E-state index contributed by atoms with van der Waals surface area (Å²) in [6.07, 6.45) is 1.01. The van der Waals surface area contributed by atoms with Crippen LogP contribution in [0.5, 0.6) is 0 Å². The predicted molar refractivity (Wildman–Crippen MR) is 70.0 cm³/mol. The molecule has 3 nitrogen and oxygen atoms in total. The zero-order valence-corrected chi connectivity index (χ0v) is 10.8. The van der Waals surface area contributed by atoms with Crippen molar-refractivity contribution < 1.29 is 9.47 Å². The van der Waals surface area contributed by atoms with E-state index in [-0.39, 0.29) is 6.10 Å². The molecular formula is C14H23NO2. The highest BCUT2D eigenvalue weighted by Gasteiger charge is 2.09. The van der Waals surface area contributed by atoms with Gasteiger partial charge >= 0.3 is 0 Å². The summed E-state index contributed by atoms with van der Waals surface area (Å²) >= 11 is 0. The van der Waals surface area contributed by atoms with Crippen LogP contribution in [-0.2, 0) is 9.47 Å². The van der Waals surface area contributed by atoms with Gasteiger partial charge in [-0.2, -0.15) is 0 Å². The van der Waals surface area contributed by atoms with Crippen molar-refractivity contribution in [3.63, 3.8) is 0 Å². The van der Waals surface area contributed by atoms with E-state index in [2.05, 4.69) is 32.0 Å². The van der Waals surface area contributed by atoms with Gasteiger partial charge in [0.25, 0.3) is 0 Å². The van der Waals surface area contributed by atoms with E-state index >= 15 is 0 Å². The molecule has 1 aromatic carbocycles. The molecule has 0 aliphatic heterocycles. The Morgan fingerprint density at radius 2 is 2.06 bits per heavy atom.